The number of nitrogens with zero attached hydrogens (tertiary/aromatic N) is 2. The molecule has 3 rings (SSSR count). The monoisotopic (exact) mass is 308 g/mol. The molecule has 6 nitrogen and oxygen atoms in total. The summed E-state index contributed by atoms with van der Waals surface area (Å²) in [6.45, 7) is 3.96. The zero-order valence-electron chi connectivity index (χ0n) is 12.3. The maximum absolute atomic E-state index is 12.7. The van der Waals surface area contributed by atoms with Crippen molar-refractivity contribution in [3.05, 3.63) is 31.3 Å². The first-order valence-corrected chi connectivity index (χ1v) is 8.02. The van der Waals surface area contributed by atoms with Crippen molar-refractivity contribution in [3.63, 3.8) is 0 Å². The van der Waals surface area contributed by atoms with Gasteiger partial charge >= 0.3 is 5.69 Å². The van der Waals surface area contributed by atoms with Crippen LogP contribution in [0.15, 0.2) is 9.59 Å². The molecular weight excluding hydrogens is 288 g/mol. The quantitative estimate of drug-likeness (QED) is 0.786. The van der Waals surface area contributed by atoms with Gasteiger partial charge in [-0.2, -0.15) is 0 Å². The Kier molecular flexibility index (Phi) is 3.73. The fourth-order valence-corrected chi connectivity index (χ4v) is 3.84. The van der Waals surface area contributed by atoms with E-state index >= 15 is 0 Å². The first-order valence-electron chi connectivity index (χ1n) is 7.20. The van der Waals surface area contributed by atoms with Gasteiger partial charge in [0.05, 0.1) is 5.39 Å². The zero-order valence-corrected chi connectivity index (χ0v) is 13.1. The molecule has 21 heavy (non-hydrogen) atoms. The molecule has 2 aromatic rings. The van der Waals surface area contributed by atoms with E-state index in [0.29, 0.717) is 18.5 Å². The van der Waals surface area contributed by atoms with E-state index in [1.807, 2.05) is 6.92 Å². The molecule has 0 unspecified atom stereocenters. The molecule has 0 aromatic carbocycles. The summed E-state index contributed by atoms with van der Waals surface area (Å²) in [7, 11) is 1.75. The smallest absolute Gasteiger partial charge is 0.329 e. The van der Waals surface area contributed by atoms with Crippen molar-refractivity contribution in [1.82, 2.24) is 14.5 Å². The number of hydrogen-bond donors (Lipinski definition) is 2. The molecule has 1 fully saturated rings. The molecule has 114 valence electrons. The van der Waals surface area contributed by atoms with Crippen molar-refractivity contribution in [2.24, 2.45) is 12.8 Å². The highest BCUT2D eigenvalue weighted by Crippen LogP contribution is 2.34. The molecule has 0 spiro atoms. The Bertz CT molecular complexity index is 798. The van der Waals surface area contributed by atoms with Gasteiger partial charge in [0.25, 0.3) is 5.56 Å². The summed E-state index contributed by atoms with van der Waals surface area (Å²) in [5.41, 5.74) is 6.13. The Labute approximate surface area is 126 Å². The van der Waals surface area contributed by atoms with Crippen LogP contribution in [0.3, 0.4) is 0 Å². The predicted molar refractivity (Wildman–Crippen MR) is 85.1 cm³/mol. The van der Waals surface area contributed by atoms with Crippen molar-refractivity contribution in [3.8, 4) is 0 Å². The summed E-state index contributed by atoms with van der Waals surface area (Å²) in [5.74, 6) is 0. The SMILES string of the molecule is Cc1c(CNCCN)sc2c1c(=O)n(C1CC1)c(=O)n2C. The number of aryl methyl sites for hydroxylation is 2. The van der Waals surface area contributed by atoms with E-state index in [4.69, 9.17) is 5.73 Å². The second-order valence-corrected chi connectivity index (χ2v) is 6.63. The molecule has 0 amide bonds. The van der Waals surface area contributed by atoms with Crippen LogP contribution in [0.4, 0.5) is 0 Å². The average molecular weight is 308 g/mol. The van der Waals surface area contributed by atoms with Gasteiger partial charge in [0.1, 0.15) is 4.83 Å². The molecule has 0 bridgehead atoms. The van der Waals surface area contributed by atoms with Crippen LogP contribution in [-0.4, -0.2) is 22.2 Å². The predicted octanol–water partition coefficient (Wildman–Crippen LogP) is 0.453. The molecule has 7 heteroatoms. The Morgan fingerprint density at radius 2 is 2.10 bits per heavy atom. The van der Waals surface area contributed by atoms with Crippen LogP contribution in [0.2, 0.25) is 0 Å². The highest BCUT2D eigenvalue weighted by atomic mass is 32.1. The van der Waals surface area contributed by atoms with E-state index in [1.54, 1.807) is 11.6 Å². The molecule has 1 aliphatic carbocycles. The third-order valence-electron chi connectivity index (χ3n) is 3.98. The van der Waals surface area contributed by atoms with Gasteiger partial charge in [0.15, 0.2) is 0 Å². The van der Waals surface area contributed by atoms with Crippen LogP contribution in [-0.2, 0) is 13.6 Å². The van der Waals surface area contributed by atoms with Crippen molar-refractivity contribution >= 4 is 21.6 Å². The average Bonchev–Trinajstić information content (AvgIpc) is 3.22. The van der Waals surface area contributed by atoms with Gasteiger partial charge in [-0.3, -0.25) is 13.9 Å². The summed E-state index contributed by atoms with van der Waals surface area (Å²) in [4.78, 5) is 26.9. The minimum atomic E-state index is -0.197. The molecular formula is C14H20N4O2S. The normalized spacial score (nSPS) is 15.0. The van der Waals surface area contributed by atoms with E-state index in [9.17, 15) is 9.59 Å². The van der Waals surface area contributed by atoms with E-state index in [0.717, 1.165) is 34.7 Å². The third-order valence-corrected chi connectivity index (χ3v) is 5.34. The van der Waals surface area contributed by atoms with Crippen LogP contribution < -0.4 is 22.3 Å². The number of fused-ring (bicyclic) bond motifs is 1. The van der Waals surface area contributed by atoms with Crippen molar-refractivity contribution in [2.45, 2.75) is 32.4 Å². The summed E-state index contributed by atoms with van der Waals surface area (Å²) < 4.78 is 3.04. The third kappa shape index (κ3) is 2.35. The maximum Gasteiger partial charge on any atom is 0.332 e. The topological polar surface area (TPSA) is 82.1 Å². The van der Waals surface area contributed by atoms with Crippen molar-refractivity contribution < 1.29 is 0 Å². The molecule has 0 radical (unpaired) electrons. The van der Waals surface area contributed by atoms with Gasteiger partial charge in [-0.1, -0.05) is 0 Å². The number of nitrogens with one attached hydrogen (secondary N) is 1. The van der Waals surface area contributed by atoms with E-state index in [1.165, 1.54) is 15.9 Å². The lowest BCUT2D eigenvalue weighted by Crippen LogP contribution is -2.38. The van der Waals surface area contributed by atoms with Gasteiger partial charge in [-0.15, -0.1) is 11.3 Å². The number of hydrogen-bond acceptors (Lipinski definition) is 5. The molecule has 1 saturated carbocycles. The Morgan fingerprint density at radius 3 is 2.71 bits per heavy atom. The van der Waals surface area contributed by atoms with Crippen LogP contribution in [0.25, 0.3) is 10.2 Å². The molecule has 0 atom stereocenters. The van der Waals surface area contributed by atoms with E-state index < -0.39 is 0 Å². The largest absolute Gasteiger partial charge is 0.332 e. The van der Waals surface area contributed by atoms with E-state index in [-0.39, 0.29) is 17.3 Å². The van der Waals surface area contributed by atoms with Crippen molar-refractivity contribution in [2.75, 3.05) is 13.1 Å². The first-order chi connectivity index (χ1) is 10.1. The molecule has 2 aromatic heterocycles. The highest BCUT2D eigenvalue weighted by molar-refractivity contribution is 7.18. The van der Waals surface area contributed by atoms with Gasteiger partial charge in [0.2, 0.25) is 0 Å². The Morgan fingerprint density at radius 1 is 1.38 bits per heavy atom. The minimum Gasteiger partial charge on any atom is -0.329 e. The van der Waals surface area contributed by atoms with Crippen LogP contribution >= 0.6 is 11.3 Å². The van der Waals surface area contributed by atoms with Crippen LogP contribution in [0, 0.1) is 6.92 Å². The summed E-state index contributed by atoms with van der Waals surface area (Å²) in [5, 5.41) is 3.94. The number of nitrogens with two attached hydrogens (primary N) is 1. The lowest BCUT2D eigenvalue weighted by atomic mass is 10.2. The summed E-state index contributed by atoms with van der Waals surface area (Å²) >= 11 is 1.52. The van der Waals surface area contributed by atoms with Crippen LogP contribution in [0.1, 0.15) is 29.3 Å². The number of aromatic nitrogens is 2. The molecule has 1 aliphatic rings. The fraction of sp³-hybridized carbons (Fsp3) is 0.571. The standard InChI is InChI=1S/C14H20N4O2S/c1-8-10(7-16-6-5-15)21-13-11(8)12(19)18(9-3-4-9)14(20)17(13)2/h9,16H,3-7,15H2,1-2H3. The van der Waals surface area contributed by atoms with E-state index in [2.05, 4.69) is 5.32 Å². The van der Waals surface area contributed by atoms with Crippen molar-refractivity contribution in [1.29, 1.82) is 0 Å². The molecule has 0 aliphatic heterocycles. The molecule has 2 heterocycles. The van der Waals surface area contributed by atoms with Gasteiger partial charge in [-0.25, -0.2) is 4.79 Å². The van der Waals surface area contributed by atoms with Gasteiger partial charge in [-0.05, 0) is 25.3 Å². The van der Waals surface area contributed by atoms with Gasteiger partial charge in [0, 0.05) is 37.6 Å². The highest BCUT2D eigenvalue weighted by Gasteiger charge is 2.29. The Hall–Kier alpha value is -1.44. The second-order valence-electron chi connectivity index (χ2n) is 5.54. The molecule has 0 saturated heterocycles. The minimum absolute atomic E-state index is 0.0960. The zero-order chi connectivity index (χ0) is 15.1. The fourth-order valence-electron chi connectivity index (χ4n) is 2.62. The maximum atomic E-state index is 12.7. The van der Waals surface area contributed by atoms with Crippen LogP contribution in [0.5, 0.6) is 0 Å². The number of thiophene rings is 1. The lowest BCUT2D eigenvalue weighted by molar-refractivity contribution is 0.627. The first kappa shape index (κ1) is 14.5. The second kappa shape index (κ2) is 5.40. The van der Waals surface area contributed by atoms with Gasteiger partial charge < -0.3 is 11.1 Å². The summed E-state index contributed by atoms with van der Waals surface area (Å²) in [6, 6.07) is 0.0960. The summed E-state index contributed by atoms with van der Waals surface area (Å²) in [6.07, 6.45) is 1.85. The Balaban J connectivity index is 2.17. The number of rotatable bonds is 5. The molecule has 3 N–H and O–H groups in total. The lowest BCUT2D eigenvalue weighted by Gasteiger charge is -2.06.